The minimum absolute atomic E-state index is 0.238. The standard InChI is InChI=1S/C27H33N7O/c1-18(2)27-23(19(3)30-34(27)25-12-11-24-29-28-20(4)33(24)31-25)10-13-26(35)32-15-14-22(17-32)16-21-8-6-5-7-9-21/h5-9,11-12,18,22H,10,13-17H2,1-4H3. The highest BCUT2D eigenvalue weighted by Gasteiger charge is 2.27. The van der Waals surface area contributed by atoms with Crippen molar-refractivity contribution in [3.63, 3.8) is 0 Å². The van der Waals surface area contributed by atoms with E-state index in [0.717, 1.165) is 54.5 Å². The van der Waals surface area contributed by atoms with E-state index >= 15 is 0 Å². The normalized spacial score (nSPS) is 16.0. The Bertz CT molecular complexity index is 1340. The Kier molecular flexibility index (Phi) is 6.36. The van der Waals surface area contributed by atoms with Crippen LogP contribution in [0.3, 0.4) is 0 Å². The first-order valence-electron chi connectivity index (χ1n) is 12.5. The van der Waals surface area contributed by atoms with Gasteiger partial charge in [0.1, 0.15) is 0 Å². The van der Waals surface area contributed by atoms with Crippen molar-refractivity contribution in [2.75, 3.05) is 13.1 Å². The molecule has 1 aliphatic heterocycles. The van der Waals surface area contributed by atoms with Gasteiger partial charge in [0, 0.05) is 19.5 Å². The van der Waals surface area contributed by atoms with Gasteiger partial charge in [0.05, 0.1) is 11.4 Å². The van der Waals surface area contributed by atoms with Gasteiger partial charge in [-0.15, -0.1) is 15.3 Å². The van der Waals surface area contributed by atoms with Crippen LogP contribution in [0.2, 0.25) is 0 Å². The van der Waals surface area contributed by atoms with E-state index in [1.807, 2.05) is 41.6 Å². The topological polar surface area (TPSA) is 81.2 Å². The summed E-state index contributed by atoms with van der Waals surface area (Å²) in [5, 5.41) is 17.8. The lowest BCUT2D eigenvalue weighted by Crippen LogP contribution is -2.29. The molecule has 0 bridgehead atoms. The van der Waals surface area contributed by atoms with Crippen LogP contribution >= 0.6 is 0 Å². The minimum atomic E-state index is 0.238. The van der Waals surface area contributed by atoms with Crippen LogP contribution in [-0.4, -0.2) is 53.5 Å². The SMILES string of the molecule is Cc1nn(-c2ccc3nnc(C)n3n2)c(C(C)C)c1CCC(=O)N1CCC(Cc2ccccc2)C1. The molecule has 3 aromatic heterocycles. The summed E-state index contributed by atoms with van der Waals surface area (Å²) in [5.41, 5.74) is 5.27. The molecule has 4 heterocycles. The molecule has 1 aromatic carbocycles. The van der Waals surface area contributed by atoms with Gasteiger partial charge in [0.2, 0.25) is 5.91 Å². The molecule has 1 saturated heterocycles. The Morgan fingerprint density at radius 2 is 1.86 bits per heavy atom. The summed E-state index contributed by atoms with van der Waals surface area (Å²) >= 11 is 0. The number of nitrogens with zero attached hydrogens (tertiary/aromatic N) is 7. The second-order valence-corrected chi connectivity index (χ2v) is 9.91. The number of fused-ring (bicyclic) bond motifs is 1. The fourth-order valence-corrected chi connectivity index (χ4v) is 5.22. The highest BCUT2D eigenvalue weighted by molar-refractivity contribution is 5.76. The Balaban J connectivity index is 1.30. The molecule has 8 heteroatoms. The molecule has 1 aliphatic rings. The molecular weight excluding hydrogens is 438 g/mol. The molecule has 1 atom stereocenters. The predicted octanol–water partition coefficient (Wildman–Crippen LogP) is 4.07. The number of rotatable bonds is 7. The monoisotopic (exact) mass is 471 g/mol. The Morgan fingerprint density at radius 1 is 1.06 bits per heavy atom. The first-order valence-corrected chi connectivity index (χ1v) is 12.5. The zero-order valence-electron chi connectivity index (χ0n) is 21.0. The van der Waals surface area contributed by atoms with Gasteiger partial charge in [0.15, 0.2) is 17.3 Å². The largest absolute Gasteiger partial charge is 0.342 e. The van der Waals surface area contributed by atoms with Crippen LogP contribution in [0.25, 0.3) is 11.5 Å². The third-order valence-electron chi connectivity index (χ3n) is 6.99. The number of aryl methyl sites for hydroxylation is 2. The highest BCUT2D eigenvalue weighted by atomic mass is 16.2. The molecule has 35 heavy (non-hydrogen) atoms. The van der Waals surface area contributed by atoms with Crippen LogP contribution in [0.15, 0.2) is 42.5 Å². The number of amides is 1. The number of likely N-dealkylation sites (tertiary alicyclic amines) is 1. The minimum Gasteiger partial charge on any atom is -0.342 e. The van der Waals surface area contributed by atoms with E-state index in [2.05, 4.69) is 48.3 Å². The molecule has 0 saturated carbocycles. The molecule has 1 amide bonds. The second-order valence-electron chi connectivity index (χ2n) is 9.91. The van der Waals surface area contributed by atoms with Crippen LogP contribution < -0.4 is 0 Å². The third-order valence-corrected chi connectivity index (χ3v) is 6.99. The van der Waals surface area contributed by atoms with Crippen molar-refractivity contribution in [1.82, 2.24) is 34.5 Å². The molecule has 0 spiro atoms. The summed E-state index contributed by atoms with van der Waals surface area (Å²) in [7, 11) is 0. The lowest BCUT2D eigenvalue weighted by molar-refractivity contribution is -0.130. The third kappa shape index (κ3) is 4.70. The predicted molar refractivity (Wildman–Crippen MR) is 135 cm³/mol. The second kappa shape index (κ2) is 9.60. The molecule has 5 rings (SSSR count). The van der Waals surface area contributed by atoms with Gasteiger partial charge in [0.25, 0.3) is 0 Å². The Morgan fingerprint density at radius 3 is 2.63 bits per heavy atom. The van der Waals surface area contributed by atoms with Crippen molar-refractivity contribution in [2.24, 2.45) is 5.92 Å². The van der Waals surface area contributed by atoms with E-state index in [4.69, 9.17) is 10.2 Å². The summed E-state index contributed by atoms with van der Waals surface area (Å²) in [5.74, 6) is 2.48. The fraction of sp³-hybridized carbons (Fsp3) is 0.444. The summed E-state index contributed by atoms with van der Waals surface area (Å²) in [4.78, 5) is 15.2. The zero-order chi connectivity index (χ0) is 24.5. The van der Waals surface area contributed by atoms with Gasteiger partial charge in [-0.2, -0.15) is 9.61 Å². The molecular formula is C27H33N7O. The van der Waals surface area contributed by atoms with Gasteiger partial charge < -0.3 is 4.90 Å². The fourth-order valence-electron chi connectivity index (χ4n) is 5.22. The summed E-state index contributed by atoms with van der Waals surface area (Å²) < 4.78 is 3.66. The number of hydrogen-bond donors (Lipinski definition) is 0. The van der Waals surface area contributed by atoms with Gasteiger partial charge in [-0.3, -0.25) is 4.79 Å². The number of benzene rings is 1. The summed E-state index contributed by atoms with van der Waals surface area (Å²) in [6, 6.07) is 14.4. The molecule has 1 unspecified atom stereocenters. The van der Waals surface area contributed by atoms with Crippen LogP contribution in [-0.2, 0) is 17.6 Å². The molecule has 0 radical (unpaired) electrons. The van der Waals surface area contributed by atoms with Crippen LogP contribution in [0, 0.1) is 19.8 Å². The maximum Gasteiger partial charge on any atom is 0.222 e. The quantitative estimate of drug-likeness (QED) is 0.406. The lowest BCUT2D eigenvalue weighted by Gasteiger charge is -2.17. The van der Waals surface area contributed by atoms with Crippen LogP contribution in [0.5, 0.6) is 0 Å². The van der Waals surface area contributed by atoms with Gasteiger partial charge >= 0.3 is 0 Å². The van der Waals surface area contributed by atoms with Gasteiger partial charge in [-0.25, -0.2) is 4.68 Å². The smallest absolute Gasteiger partial charge is 0.222 e. The lowest BCUT2D eigenvalue weighted by atomic mass is 9.99. The first kappa shape index (κ1) is 23.2. The van der Waals surface area contributed by atoms with E-state index in [1.54, 1.807) is 4.52 Å². The van der Waals surface area contributed by atoms with Gasteiger partial charge in [-0.05, 0) is 68.2 Å². The highest BCUT2D eigenvalue weighted by Crippen LogP contribution is 2.27. The maximum atomic E-state index is 13.1. The molecule has 1 fully saturated rings. The van der Waals surface area contributed by atoms with Crippen LogP contribution in [0.4, 0.5) is 0 Å². The molecule has 4 aromatic rings. The zero-order valence-corrected chi connectivity index (χ0v) is 21.0. The van der Waals surface area contributed by atoms with Crippen molar-refractivity contribution in [3.8, 4) is 5.82 Å². The van der Waals surface area contributed by atoms with Crippen molar-refractivity contribution < 1.29 is 4.79 Å². The Labute approximate surface area is 206 Å². The van der Waals surface area contributed by atoms with E-state index in [0.29, 0.717) is 24.4 Å². The van der Waals surface area contributed by atoms with Gasteiger partial charge in [-0.1, -0.05) is 44.2 Å². The molecule has 0 aliphatic carbocycles. The van der Waals surface area contributed by atoms with E-state index in [-0.39, 0.29) is 11.8 Å². The average Bonchev–Trinajstić information content (AvgIpc) is 3.55. The molecule has 0 N–H and O–H groups in total. The molecule has 8 nitrogen and oxygen atoms in total. The maximum absolute atomic E-state index is 13.1. The summed E-state index contributed by atoms with van der Waals surface area (Å²) in [6.45, 7) is 9.94. The Hall–Kier alpha value is -3.55. The van der Waals surface area contributed by atoms with Crippen LogP contribution in [0.1, 0.15) is 60.9 Å². The number of carbonyl (C=O) groups excluding carboxylic acids is 1. The van der Waals surface area contributed by atoms with Crippen molar-refractivity contribution in [2.45, 2.75) is 59.3 Å². The summed E-state index contributed by atoms with van der Waals surface area (Å²) in [6.07, 6.45) is 3.30. The van der Waals surface area contributed by atoms with Crippen molar-refractivity contribution in [1.29, 1.82) is 0 Å². The van der Waals surface area contributed by atoms with E-state index < -0.39 is 0 Å². The van der Waals surface area contributed by atoms with E-state index in [1.165, 1.54) is 5.56 Å². The first-order chi connectivity index (χ1) is 16.9. The average molecular weight is 472 g/mol. The van der Waals surface area contributed by atoms with E-state index in [9.17, 15) is 4.79 Å². The van der Waals surface area contributed by atoms with Crippen molar-refractivity contribution in [3.05, 3.63) is 70.8 Å². The number of carbonyl (C=O) groups is 1. The molecule has 182 valence electrons. The number of aromatic nitrogens is 6. The number of hydrogen-bond acceptors (Lipinski definition) is 5. The van der Waals surface area contributed by atoms with Crippen molar-refractivity contribution >= 4 is 11.6 Å².